The fraction of sp³-hybridized carbons (Fsp3) is 0.562. The van der Waals surface area contributed by atoms with Gasteiger partial charge in [-0.25, -0.2) is 9.66 Å². The van der Waals surface area contributed by atoms with E-state index in [1.54, 1.807) is 16.9 Å². The highest BCUT2D eigenvalue weighted by atomic mass is 16.1. The molecule has 0 saturated heterocycles. The molecule has 9 heteroatoms. The SMILES string of the molecule is CCCN=C/C(=C\N)c1cnc2c(c1)CN(C1Nn3c(nc(C)cc3=O)C(C)=C1C)CC2.CCC[B]CCCCC. The van der Waals surface area contributed by atoms with Gasteiger partial charge in [-0.2, -0.15) is 0 Å². The summed E-state index contributed by atoms with van der Waals surface area (Å²) in [5, 5.41) is 0. The third-order valence-corrected chi connectivity index (χ3v) is 7.67. The molecule has 0 bridgehead atoms. The summed E-state index contributed by atoms with van der Waals surface area (Å²) in [4.78, 5) is 28.7. The predicted molar refractivity (Wildman–Crippen MR) is 174 cm³/mol. The second kappa shape index (κ2) is 16.3. The Morgan fingerprint density at radius 3 is 2.66 bits per heavy atom. The Morgan fingerprint density at radius 2 is 1.95 bits per heavy atom. The van der Waals surface area contributed by atoms with Gasteiger partial charge in [-0.3, -0.25) is 25.1 Å². The Morgan fingerprint density at radius 1 is 1.15 bits per heavy atom. The van der Waals surface area contributed by atoms with Crippen LogP contribution in [0.25, 0.3) is 11.1 Å². The van der Waals surface area contributed by atoms with Crippen molar-refractivity contribution in [1.82, 2.24) is 19.5 Å². The molecule has 2 aliphatic rings. The molecule has 3 N–H and O–H groups in total. The van der Waals surface area contributed by atoms with Crippen LogP contribution in [0, 0.1) is 6.92 Å². The van der Waals surface area contributed by atoms with E-state index in [0.717, 1.165) is 60.6 Å². The van der Waals surface area contributed by atoms with E-state index < -0.39 is 0 Å². The van der Waals surface area contributed by atoms with Crippen molar-refractivity contribution in [3.8, 4) is 0 Å². The lowest BCUT2D eigenvalue weighted by atomic mass is 9.69. The van der Waals surface area contributed by atoms with Crippen LogP contribution in [-0.2, 0) is 13.0 Å². The molecule has 0 fully saturated rings. The number of fused-ring (bicyclic) bond motifs is 2. The van der Waals surface area contributed by atoms with E-state index in [-0.39, 0.29) is 11.7 Å². The molecule has 0 aromatic carbocycles. The van der Waals surface area contributed by atoms with Crippen LogP contribution in [0.1, 0.15) is 95.1 Å². The number of hydrogen-bond donors (Lipinski definition) is 2. The van der Waals surface area contributed by atoms with Gasteiger partial charge in [0.15, 0.2) is 5.82 Å². The first-order valence-electron chi connectivity index (χ1n) is 15.3. The number of aliphatic imine (C=N–C) groups is 1. The molecule has 0 aliphatic carbocycles. The van der Waals surface area contributed by atoms with Crippen LogP contribution in [0.5, 0.6) is 0 Å². The van der Waals surface area contributed by atoms with Crippen molar-refractivity contribution in [3.05, 3.63) is 68.8 Å². The topological polar surface area (TPSA) is 101 Å². The van der Waals surface area contributed by atoms with Crippen molar-refractivity contribution in [1.29, 1.82) is 0 Å². The number of pyridine rings is 1. The summed E-state index contributed by atoms with van der Waals surface area (Å²) >= 11 is 0. The molecular weight excluding hydrogens is 509 g/mol. The molecule has 4 heterocycles. The van der Waals surface area contributed by atoms with Gasteiger partial charge >= 0.3 is 0 Å². The lowest BCUT2D eigenvalue weighted by Gasteiger charge is -2.40. The minimum absolute atomic E-state index is 0.0860. The maximum Gasteiger partial charge on any atom is 0.272 e. The molecule has 0 amide bonds. The molecule has 1 atom stereocenters. The molecule has 2 aromatic rings. The Labute approximate surface area is 247 Å². The second-order valence-electron chi connectivity index (χ2n) is 11.0. The molecule has 0 saturated carbocycles. The number of aryl methyl sites for hydroxylation is 1. The van der Waals surface area contributed by atoms with Crippen LogP contribution < -0.4 is 16.7 Å². The smallest absolute Gasteiger partial charge is 0.272 e. The molecule has 221 valence electrons. The first-order valence-corrected chi connectivity index (χ1v) is 15.3. The van der Waals surface area contributed by atoms with Crippen molar-refractivity contribution < 1.29 is 0 Å². The summed E-state index contributed by atoms with van der Waals surface area (Å²) in [7, 11) is 2.41. The van der Waals surface area contributed by atoms with E-state index in [0.29, 0.717) is 5.82 Å². The molecule has 4 rings (SSSR count). The van der Waals surface area contributed by atoms with Crippen LogP contribution in [0.3, 0.4) is 0 Å². The third-order valence-electron chi connectivity index (χ3n) is 7.67. The van der Waals surface area contributed by atoms with E-state index in [4.69, 9.17) is 10.7 Å². The summed E-state index contributed by atoms with van der Waals surface area (Å²) < 4.78 is 1.57. The monoisotopic (exact) mass is 558 g/mol. The highest BCUT2D eigenvalue weighted by molar-refractivity contribution is 6.35. The van der Waals surface area contributed by atoms with Gasteiger partial charge in [0.1, 0.15) is 13.4 Å². The van der Waals surface area contributed by atoms with Crippen LogP contribution in [0.15, 0.2) is 39.9 Å². The Kier molecular flexibility index (Phi) is 12.8. The van der Waals surface area contributed by atoms with Crippen molar-refractivity contribution in [2.24, 2.45) is 10.7 Å². The largest absolute Gasteiger partial charge is 0.404 e. The summed E-state index contributed by atoms with van der Waals surface area (Å²) in [6.07, 6.45) is 15.1. The Bertz CT molecular complexity index is 1290. The first kappa shape index (κ1) is 32.3. The van der Waals surface area contributed by atoms with Crippen molar-refractivity contribution in [2.75, 3.05) is 18.5 Å². The van der Waals surface area contributed by atoms with Crippen LogP contribution in [0.4, 0.5) is 0 Å². The number of rotatable bonds is 11. The number of aromatic nitrogens is 3. The lowest BCUT2D eigenvalue weighted by Crippen LogP contribution is -2.52. The third kappa shape index (κ3) is 8.65. The van der Waals surface area contributed by atoms with Crippen molar-refractivity contribution >= 4 is 24.6 Å². The number of hydrogen-bond acceptors (Lipinski definition) is 7. The minimum Gasteiger partial charge on any atom is -0.404 e. The van der Waals surface area contributed by atoms with E-state index >= 15 is 0 Å². The Hall–Kier alpha value is -3.20. The molecule has 2 aromatic heterocycles. The van der Waals surface area contributed by atoms with Crippen LogP contribution in [0.2, 0.25) is 12.6 Å². The Balaban J connectivity index is 0.000000445. The number of nitrogens with zero attached hydrogens (tertiary/aromatic N) is 5. The zero-order chi connectivity index (χ0) is 29.8. The molecule has 8 nitrogen and oxygen atoms in total. The average molecular weight is 559 g/mol. The summed E-state index contributed by atoms with van der Waals surface area (Å²) in [6.45, 7) is 14.9. The highest BCUT2D eigenvalue weighted by Gasteiger charge is 2.31. The lowest BCUT2D eigenvalue weighted by molar-refractivity contribution is 0.204. The first-order chi connectivity index (χ1) is 19.8. The zero-order valence-electron chi connectivity index (χ0n) is 26.0. The number of nitrogens with one attached hydrogen (secondary N) is 1. The summed E-state index contributed by atoms with van der Waals surface area (Å²) in [6, 6.07) is 3.72. The van der Waals surface area contributed by atoms with Crippen molar-refractivity contribution in [2.45, 2.75) is 105 Å². The van der Waals surface area contributed by atoms with Gasteiger partial charge in [-0.15, -0.1) is 0 Å². The average Bonchev–Trinajstić information content (AvgIpc) is 2.97. The van der Waals surface area contributed by atoms with Crippen LogP contribution >= 0.6 is 0 Å². The van der Waals surface area contributed by atoms with Gasteiger partial charge in [0, 0.05) is 73.3 Å². The molecule has 41 heavy (non-hydrogen) atoms. The number of nitrogens with two attached hydrogens (primary N) is 1. The zero-order valence-corrected chi connectivity index (χ0v) is 26.0. The molecule has 1 radical (unpaired) electrons. The fourth-order valence-corrected chi connectivity index (χ4v) is 5.15. The number of allylic oxidation sites excluding steroid dienone is 2. The quantitative estimate of drug-likeness (QED) is 0.212. The van der Waals surface area contributed by atoms with Gasteiger partial charge in [-0.05, 0) is 50.0 Å². The predicted octanol–water partition coefficient (Wildman–Crippen LogP) is 5.59. The molecule has 0 spiro atoms. The van der Waals surface area contributed by atoms with Crippen LogP contribution in [-0.4, -0.2) is 52.3 Å². The van der Waals surface area contributed by atoms with E-state index in [2.05, 4.69) is 61.3 Å². The fourth-order valence-electron chi connectivity index (χ4n) is 5.15. The molecule has 1 unspecified atom stereocenters. The summed E-state index contributed by atoms with van der Waals surface area (Å²) in [5.41, 5.74) is 16.2. The maximum absolute atomic E-state index is 12.6. The second-order valence-corrected chi connectivity index (χ2v) is 11.0. The van der Waals surface area contributed by atoms with Gasteiger partial charge < -0.3 is 5.73 Å². The molecular formula is C32H49BN7O. The van der Waals surface area contributed by atoms with Crippen molar-refractivity contribution in [3.63, 3.8) is 0 Å². The van der Waals surface area contributed by atoms with E-state index in [9.17, 15) is 4.79 Å². The van der Waals surface area contributed by atoms with E-state index in [1.165, 1.54) is 49.5 Å². The van der Waals surface area contributed by atoms with Gasteiger partial charge in [0.05, 0.1) is 0 Å². The van der Waals surface area contributed by atoms with Gasteiger partial charge in [-0.1, -0.05) is 59.1 Å². The molecule has 2 aliphatic heterocycles. The normalized spacial score (nSPS) is 17.0. The summed E-state index contributed by atoms with van der Waals surface area (Å²) in [5.74, 6) is 0.689. The van der Waals surface area contributed by atoms with Gasteiger partial charge in [0.2, 0.25) is 0 Å². The van der Waals surface area contributed by atoms with Gasteiger partial charge in [0.25, 0.3) is 5.56 Å². The highest BCUT2D eigenvalue weighted by Crippen LogP contribution is 2.29. The maximum atomic E-state index is 12.6. The number of unbranched alkanes of at least 4 members (excludes halogenated alkanes) is 2. The standard InChI is InChI=1S/C24H31N7O.C8H18B/c1-5-7-26-12-20(11-25)18-10-19-14-30(8-6-21(19)27-13-18)24-17(4)16(3)23-28-15(2)9-22(32)31(23)29-24;1-3-5-6-8-9-7-4-2/h9-13,24,29H,5-8,14,25H2,1-4H3;3-8H2,1-2H3/b20-11+,26-12?;. The van der Waals surface area contributed by atoms with E-state index in [1.807, 2.05) is 26.3 Å². The minimum atomic E-state index is -0.0881.